The minimum absolute atomic E-state index is 0.152. The molecule has 24 heavy (non-hydrogen) atoms. The van der Waals surface area contributed by atoms with Gasteiger partial charge in [0.25, 0.3) is 0 Å². The van der Waals surface area contributed by atoms with E-state index in [-0.39, 0.29) is 5.96 Å². The third-order valence-electron chi connectivity index (χ3n) is 4.40. The molecule has 0 spiro atoms. The lowest BCUT2D eigenvalue weighted by Gasteiger charge is -2.31. The second-order valence-corrected chi connectivity index (χ2v) is 5.83. The van der Waals surface area contributed by atoms with Crippen molar-refractivity contribution in [2.24, 2.45) is 21.6 Å². The van der Waals surface area contributed by atoms with Crippen molar-refractivity contribution in [2.45, 2.75) is 18.9 Å². The Morgan fingerprint density at radius 1 is 1.25 bits per heavy atom. The van der Waals surface area contributed by atoms with E-state index in [4.69, 9.17) is 5.73 Å². The number of amidine groups is 1. The van der Waals surface area contributed by atoms with Crippen LogP contribution in [-0.4, -0.2) is 42.1 Å². The molecule has 0 aromatic heterocycles. The molecule has 0 saturated carbocycles. The number of rotatable bonds is 2. The van der Waals surface area contributed by atoms with Crippen LogP contribution >= 0.6 is 0 Å². The molecule has 2 unspecified atom stereocenters. The number of benzene rings is 1. The van der Waals surface area contributed by atoms with Crippen LogP contribution in [0, 0.1) is 17.2 Å². The molecule has 2 aliphatic rings. The molecule has 0 fully saturated rings. The van der Waals surface area contributed by atoms with Gasteiger partial charge in [0.15, 0.2) is 0 Å². The summed E-state index contributed by atoms with van der Waals surface area (Å²) >= 11 is 0. The normalized spacial score (nSPS) is 23.7. The topological polar surface area (TPSA) is 94.8 Å². The lowest BCUT2D eigenvalue weighted by molar-refractivity contribution is -0.104. The Labute approximate surface area is 141 Å². The maximum Gasteiger partial charge on any atom is 0.217 e. The summed E-state index contributed by atoms with van der Waals surface area (Å²) in [4.78, 5) is 21.2. The maximum absolute atomic E-state index is 10.6. The summed E-state index contributed by atoms with van der Waals surface area (Å²) in [7, 11) is 0. The highest BCUT2D eigenvalue weighted by Gasteiger charge is 2.32. The van der Waals surface area contributed by atoms with Gasteiger partial charge in [-0.3, -0.25) is 4.79 Å². The number of nitrogens with two attached hydrogens (primary N) is 1. The van der Waals surface area contributed by atoms with Gasteiger partial charge in [0.2, 0.25) is 5.96 Å². The van der Waals surface area contributed by atoms with Gasteiger partial charge in [0, 0.05) is 13.1 Å². The minimum Gasteiger partial charge on any atom is -0.368 e. The zero-order valence-corrected chi connectivity index (χ0v) is 13.3. The average Bonchev–Trinajstić information content (AvgIpc) is 2.82. The minimum atomic E-state index is -0.533. The third kappa shape index (κ3) is 3.20. The fraction of sp³-hybridized carbons (Fsp3) is 0.333. The number of nitrogens with zero attached hydrogens (tertiary/aromatic N) is 4. The Balaban J connectivity index is 1.85. The summed E-state index contributed by atoms with van der Waals surface area (Å²) < 4.78 is 0. The van der Waals surface area contributed by atoms with Crippen molar-refractivity contribution in [3.8, 4) is 6.07 Å². The molecule has 1 aromatic rings. The second kappa shape index (κ2) is 7.09. The molecule has 122 valence electrons. The molecule has 0 aliphatic carbocycles. The highest BCUT2D eigenvalue weighted by Crippen LogP contribution is 2.22. The fourth-order valence-electron chi connectivity index (χ4n) is 3.21. The van der Waals surface area contributed by atoms with Crippen molar-refractivity contribution in [3.63, 3.8) is 0 Å². The highest BCUT2D eigenvalue weighted by molar-refractivity contribution is 6.00. The number of carbonyl (C=O) groups is 1. The number of aldehydes is 1. The maximum atomic E-state index is 10.6. The van der Waals surface area contributed by atoms with Crippen molar-refractivity contribution in [1.82, 2.24) is 4.90 Å². The Morgan fingerprint density at radius 2 is 1.92 bits per heavy atom. The summed E-state index contributed by atoms with van der Waals surface area (Å²) in [5.41, 5.74) is 8.51. The van der Waals surface area contributed by atoms with E-state index in [1.54, 1.807) is 6.08 Å². The molecule has 2 aliphatic heterocycles. The molecule has 2 heterocycles. The second-order valence-electron chi connectivity index (χ2n) is 5.83. The number of fused-ring (bicyclic) bond motifs is 1. The standard InChI is InChI=1S/C18H19N5O/c19-12-15-16(6-3-11-24)21-18(20)22-17(15)23-9-7-13-4-1-2-5-14(13)8-10-23/h1-6,11,15-16H,7-10H2,(H2,20,21). The smallest absolute Gasteiger partial charge is 0.217 e. The molecule has 0 radical (unpaired) electrons. The van der Waals surface area contributed by atoms with Crippen LogP contribution in [0.5, 0.6) is 0 Å². The van der Waals surface area contributed by atoms with Crippen LogP contribution in [-0.2, 0) is 17.6 Å². The van der Waals surface area contributed by atoms with Gasteiger partial charge in [-0.2, -0.15) is 10.3 Å². The van der Waals surface area contributed by atoms with Crippen LogP contribution in [0.25, 0.3) is 0 Å². The Morgan fingerprint density at radius 3 is 2.50 bits per heavy atom. The Bertz CT molecular complexity index is 732. The largest absolute Gasteiger partial charge is 0.368 e. The van der Waals surface area contributed by atoms with Crippen LogP contribution in [0.3, 0.4) is 0 Å². The molecule has 6 nitrogen and oxygen atoms in total. The number of hydrogen-bond donors (Lipinski definition) is 1. The van der Waals surface area contributed by atoms with Crippen LogP contribution in [0.1, 0.15) is 11.1 Å². The summed E-state index contributed by atoms with van der Waals surface area (Å²) in [6.07, 6.45) is 5.44. The van der Waals surface area contributed by atoms with E-state index < -0.39 is 12.0 Å². The first kappa shape index (κ1) is 15.9. The van der Waals surface area contributed by atoms with Gasteiger partial charge in [-0.15, -0.1) is 0 Å². The lowest BCUT2D eigenvalue weighted by atomic mass is 9.97. The molecule has 3 rings (SSSR count). The average molecular weight is 321 g/mol. The summed E-state index contributed by atoms with van der Waals surface area (Å²) in [5.74, 6) is 0.270. The van der Waals surface area contributed by atoms with E-state index in [1.807, 2.05) is 0 Å². The molecule has 1 aromatic carbocycles. The van der Waals surface area contributed by atoms with Gasteiger partial charge in [-0.05, 0) is 30.0 Å². The van der Waals surface area contributed by atoms with E-state index in [9.17, 15) is 10.1 Å². The van der Waals surface area contributed by atoms with Gasteiger partial charge >= 0.3 is 0 Å². The zero-order chi connectivity index (χ0) is 16.9. The van der Waals surface area contributed by atoms with E-state index in [0.717, 1.165) is 25.9 Å². The van der Waals surface area contributed by atoms with Crippen molar-refractivity contribution in [2.75, 3.05) is 13.1 Å². The third-order valence-corrected chi connectivity index (χ3v) is 4.40. The van der Waals surface area contributed by atoms with E-state index in [0.29, 0.717) is 12.1 Å². The van der Waals surface area contributed by atoms with Gasteiger partial charge < -0.3 is 10.6 Å². The van der Waals surface area contributed by atoms with Gasteiger partial charge in [0.1, 0.15) is 18.0 Å². The number of nitriles is 1. The van der Waals surface area contributed by atoms with Crippen LogP contribution in [0.2, 0.25) is 0 Å². The van der Waals surface area contributed by atoms with Crippen LogP contribution in [0.15, 0.2) is 46.4 Å². The molecule has 0 bridgehead atoms. The fourth-order valence-corrected chi connectivity index (χ4v) is 3.21. The first-order valence-corrected chi connectivity index (χ1v) is 7.98. The van der Waals surface area contributed by atoms with Crippen LogP contribution < -0.4 is 5.73 Å². The number of hydrogen-bond acceptors (Lipinski definition) is 6. The quantitative estimate of drug-likeness (QED) is 0.651. The van der Waals surface area contributed by atoms with Crippen molar-refractivity contribution < 1.29 is 4.79 Å². The summed E-state index contributed by atoms with van der Waals surface area (Å²) in [5, 5.41) is 9.60. The van der Waals surface area contributed by atoms with Crippen molar-refractivity contribution in [3.05, 3.63) is 47.5 Å². The highest BCUT2D eigenvalue weighted by atomic mass is 16.1. The number of guanidine groups is 1. The number of allylic oxidation sites excluding steroid dienone is 1. The molecular formula is C18H19N5O. The molecule has 0 saturated heterocycles. The summed E-state index contributed by atoms with van der Waals surface area (Å²) in [6.45, 7) is 1.57. The van der Waals surface area contributed by atoms with Crippen LogP contribution in [0.4, 0.5) is 0 Å². The predicted molar refractivity (Wildman–Crippen MR) is 92.6 cm³/mol. The van der Waals surface area contributed by atoms with Gasteiger partial charge in [-0.25, -0.2) is 4.99 Å². The van der Waals surface area contributed by atoms with Crippen molar-refractivity contribution >= 4 is 18.1 Å². The molecule has 2 N–H and O–H groups in total. The Hall–Kier alpha value is -2.94. The van der Waals surface area contributed by atoms with E-state index >= 15 is 0 Å². The molecular weight excluding hydrogens is 302 g/mol. The first-order chi connectivity index (χ1) is 11.7. The van der Waals surface area contributed by atoms with Gasteiger partial charge in [0.05, 0.1) is 12.1 Å². The molecule has 6 heteroatoms. The molecule has 0 amide bonds. The lowest BCUT2D eigenvalue weighted by Crippen LogP contribution is -2.44. The monoisotopic (exact) mass is 321 g/mol. The first-order valence-electron chi connectivity index (χ1n) is 7.98. The van der Waals surface area contributed by atoms with E-state index in [2.05, 4.69) is 45.2 Å². The summed E-state index contributed by atoms with van der Waals surface area (Å²) in [6, 6.07) is 10.2. The SMILES string of the molecule is N#CC1C(N2CCc3ccccc3CC2)=NC(N)=NC1C=CC=O. The zero-order valence-electron chi connectivity index (χ0n) is 13.3. The van der Waals surface area contributed by atoms with E-state index in [1.165, 1.54) is 17.2 Å². The number of aliphatic imine (C=N–C) groups is 2. The molecule has 2 atom stereocenters. The number of carbonyl (C=O) groups excluding carboxylic acids is 1. The predicted octanol–water partition coefficient (Wildman–Crippen LogP) is 1.08. The Kier molecular flexibility index (Phi) is 4.71. The van der Waals surface area contributed by atoms with Gasteiger partial charge in [-0.1, -0.05) is 30.3 Å². The van der Waals surface area contributed by atoms with Crippen molar-refractivity contribution in [1.29, 1.82) is 5.26 Å².